The maximum Gasteiger partial charge on any atom is 0.123 e. The molecule has 3 aromatic rings. The van der Waals surface area contributed by atoms with Crippen LogP contribution in [0.15, 0.2) is 42.5 Å². The van der Waals surface area contributed by atoms with Crippen LogP contribution in [0.5, 0.6) is 0 Å². The number of nitrogens with zero attached hydrogens (tertiary/aromatic N) is 3. The summed E-state index contributed by atoms with van der Waals surface area (Å²) >= 11 is 6.18. The van der Waals surface area contributed by atoms with Gasteiger partial charge in [0, 0.05) is 17.1 Å². The van der Waals surface area contributed by atoms with Crippen molar-refractivity contribution >= 4 is 11.6 Å². The van der Waals surface area contributed by atoms with E-state index in [0.717, 1.165) is 11.3 Å². The molecule has 0 saturated heterocycles. The molecular formula is C16H14ClFN4. The number of halogens is 2. The Kier molecular flexibility index (Phi) is 3.92. The molecule has 0 aliphatic rings. The number of aromatic nitrogens is 3. The summed E-state index contributed by atoms with van der Waals surface area (Å²) in [6.45, 7) is 2.11. The first-order chi connectivity index (χ1) is 10.6. The minimum atomic E-state index is -0.323. The molecule has 3 rings (SSSR count). The molecule has 0 spiro atoms. The predicted molar refractivity (Wildman–Crippen MR) is 84.4 cm³/mol. The summed E-state index contributed by atoms with van der Waals surface area (Å²) in [4.78, 5) is 0. The molecule has 0 bridgehead atoms. The van der Waals surface area contributed by atoms with Crippen LogP contribution < -0.4 is 5.73 Å². The van der Waals surface area contributed by atoms with E-state index < -0.39 is 0 Å². The lowest BCUT2D eigenvalue weighted by Gasteiger charge is -2.11. The molecule has 0 fully saturated rings. The Labute approximate surface area is 132 Å². The van der Waals surface area contributed by atoms with Crippen molar-refractivity contribution in [1.82, 2.24) is 15.0 Å². The van der Waals surface area contributed by atoms with Gasteiger partial charge in [-0.05, 0) is 36.8 Å². The molecule has 22 heavy (non-hydrogen) atoms. The molecule has 0 radical (unpaired) electrons. The van der Waals surface area contributed by atoms with E-state index in [2.05, 4.69) is 10.3 Å². The van der Waals surface area contributed by atoms with Gasteiger partial charge in [0.2, 0.25) is 0 Å². The Morgan fingerprint density at radius 3 is 2.73 bits per heavy atom. The smallest absolute Gasteiger partial charge is 0.123 e. The normalized spacial score (nSPS) is 10.9. The van der Waals surface area contributed by atoms with E-state index in [1.165, 1.54) is 12.1 Å². The lowest BCUT2D eigenvalue weighted by Crippen LogP contribution is -2.04. The maximum absolute atomic E-state index is 13.6. The Morgan fingerprint density at radius 2 is 2.00 bits per heavy atom. The van der Waals surface area contributed by atoms with Crippen molar-refractivity contribution in [3.05, 3.63) is 64.6 Å². The first-order valence-corrected chi connectivity index (χ1v) is 7.15. The van der Waals surface area contributed by atoms with Crippen LogP contribution in [-0.2, 0) is 6.54 Å². The summed E-state index contributed by atoms with van der Waals surface area (Å²) in [5.41, 5.74) is 9.36. The Hall–Kier alpha value is -2.24. The highest BCUT2D eigenvalue weighted by atomic mass is 35.5. The quantitative estimate of drug-likeness (QED) is 0.804. The third kappa shape index (κ3) is 2.49. The topological polar surface area (TPSA) is 56.7 Å². The van der Waals surface area contributed by atoms with Crippen molar-refractivity contribution < 1.29 is 4.39 Å². The van der Waals surface area contributed by atoms with Gasteiger partial charge in [0.25, 0.3) is 0 Å². The molecule has 0 saturated carbocycles. The zero-order chi connectivity index (χ0) is 15.7. The standard InChI is InChI=1S/C16H14ClFN4/c1-10-13(17)6-3-7-15(10)22-16(14(9-19)20-21-22)11-4-2-5-12(18)8-11/h2-8H,9,19H2,1H3. The highest BCUT2D eigenvalue weighted by Crippen LogP contribution is 2.29. The van der Waals surface area contributed by atoms with Crippen LogP contribution in [0.2, 0.25) is 5.02 Å². The number of nitrogens with two attached hydrogens (primary N) is 1. The van der Waals surface area contributed by atoms with Crippen molar-refractivity contribution in [3.8, 4) is 16.9 Å². The van der Waals surface area contributed by atoms with Gasteiger partial charge in [-0.15, -0.1) is 5.10 Å². The molecule has 2 aromatic carbocycles. The first kappa shape index (κ1) is 14.7. The van der Waals surface area contributed by atoms with E-state index in [1.807, 2.05) is 25.1 Å². The fraction of sp³-hybridized carbons (Fsp3) is 0.125. The number of hydrogen-bond acceptors (Lipinski definition) is 3. The van der Waals surface area contributed by atoms with E-state index >= 15 is 0 Å². The Bertz CT molecular complexity index is 829. The van der Waals surface area contributed by atoms with E-state index in [-0.39, 0.29) is 12.4 Å². The molecule has 0 atom stereocenters. The van der Waals surface area contributed by atoms with Gasteiger partial charge in [-0.3, -0.25) is 0 Å². The zero-order valence-corrected chi connectivity index (χ0v) is 12.7. The van der Waals surface area contributed by atoms with Gasteiger partial charge in [-0.2, -0.15) is 0 Å². The second-order valence-corrected chi connectivity index (χ2v) is 5.30. The summed E-state index contributed by atoms with van der Waals surface area (Å²) in [6, 6.07) is 11.8. The molecule has 6 heteroatoms. The van der Waals surface area contributed by atoms with Crippen molar-refractivity contribution in [3.63, 3.8) is 0 Å². The average molecular weight is 317 g/mol. The average Bonchev–Trinajstić information content (AvgIpc) is 2.93. The predicted octanol–water partition coefficient (Wildman–Crippen LogP) is 3.49. The molecule has 112 valence electrons. The van der Waals surface area contributed by atoms with Crippen LogP contribution >= 0.6 is 11.6 Å². The minimum Gasteiger partial charge on any atom is -0.325 e. The first-order valence-electron chi connectivity index (χ1n) is 6.78. The fourth-order valence-corrected chi connectivity index (χ4v) is 2.54. The number of benzene rings is 2. The van der Waals surface area contributed by atoms with E-state index in [4.69, 9.17) is 17.3 Å². The minimum absolute atomic E-state index is 0.214. The second kappa shape index (κ2) is 5.87. The molecule has 0 aliphatic carbocycles. The Balaban J connectivity index is 2.26. The van der Waals surface area contributed by atoms with Gasteiger partial charge in [0.1, 0.15) is 11.5 Å². The molecule has 0 unspecified atom stereocenters. The lowest BCUT2D eigenvalue weighted by molar-refractivity contribution is 0.628. The molecule has 1 heterocycles. The molecule has 0 aliphatic heterocycles. The lowest BCUT2D eigenvalue weighted by atomic mass is 10.1. The fourth-order valence-electron chi connectivity index (χ4n) is 2.37. The van der Waals surface area contributed by atoms with Gasteiger partial charge in [0.15, 0.2) is 0 Å². The molecule has 2 N–H and O–H groups in total. The highest BCUT2D eigenvalue weighted by molar-refractivity contribution is 6.31. The van der Waals surface area contributed by atoms with Gasteiger partial charge < -0.3 is 5.73 Å². The zero-order valence-electron chi connectivity index (χ0n) is 11.9. The Morgan fingerprint density at radius 1 is 1.23 bits per heavy atom. The van der Waals surface area contributed by atoms with Crippen molar-refractivity contribution in [2.75, 3.05) is 0 Å². The van der Waals surface area contributed by atoms with Crippen LogP contribution in [0, 0.1) is 12.7 Å². The monoisotopic (exact) mass is 316 g/mol. The molecule has 1 aromatic heterocycles. The largest absolute Gasteiger partial charge is 0.325 e. The highest BCUT2D eigenvalue weighted by Gasteiger charge is 2.17. The SMILES string of the molecule is Cc1c(Cl)cccc1-n1nnc(CN)c1-c1cccc(F)c1. The summed E-state index contributed by atoms with van der Waals surface area (Å²) in [5, 5.41) is 8.91. The molecule has 4 nitrogen and oxygen atoms in total. The second-order valence-electron chi connectivity index (χ2n) is 4.89. The van der Waals surface area contributed by atoms with Crippen LogP contribution in [0.1, 0.15) is 11.3 Å². The van der Waals surface area contributed by atoms with E-state index in [1.54, 1.807) is 16.8 Å². The van der Waals surface area contributed by atoms with Crippen LogP contribution in [-0.4, -0.2) is 15.0 Å². The molecular weight excluding hydrogens is 303 g/mol. The summed E-state index contributed by atoms with van der Waals surface area (Å²) < 4.78 is 15.2. The van der Waals surface area contributed by atoms with E-state index in [9.17, 15) is 4.39 Å². The van der Waals surface area contributed by atoms with Crippen molar-refractivity contribution in [2.45, 2.75) is 13.5 Å². The summed E-state index contributed by atoms with van der Waals surface area (Å²) in [5.74, 6) is -0.323. The third-order valence-electron chi connectivity index (χ3n) is 3.50. The van der Waals surface area contributed by atoms with Gasteiger partial charge in [-0.1, -0.05) is 35.0 Å². The van der Waals surface area contributed by atoms with Gasteiger partial charge in [0.05, 0.1) is 11.4 Å². The van der Waals surface area contributed by atoms with Crippen LogP contribution in [0.3, 0.4) is 0 Å². The van der Waals surface area contributed by atoms with E-state index in [0.29, 0.717) is 22.0 Å². The van der Waals surface area contributed by atoms with Crippen molar-refractivity contribution in [2.24, 2.45) is 5.73 Å². The maximum atomic E-state index is 13.6. The van der Waals surface area contributed by atoms with Crippen LogP contribution in [0.4, 0.5) is 4.39 Å². The number of rotatable bonds is 3. The van der Waals surface area contributed by atoms with Crippen molar-refractivity contribution in [1.29, 1.82) is 0 Å². The van der Waals surface area contributed by atoms with Gasteiger partial charge >= 0.3 is 0 Å². The molecule has 0 amide bonds. The summed E-state index contributed by atoms with van der Waals surface area (Å²) in [7, 11) is 0. The third-order valence-corrected chi connectivity index (χ3v) is 3.91. The summed E-state index contributed by atoms with van der Waals surface area (Å²) in [6.07, 6.45) is 0. The van der Waals surface area contributed by atoms with Crippen LogP contribution in [0.25, 0.3) is 16.9 Å². The van der Waals surface area contributed by atoms with Gasteiger partial charge in [-0.25, -0.2) is 9.07 Å². The number of hydrogen-bond donors (Lipinski definition) is 1.